The SMILES string of the molecule is C=CCOC(=O)C(C)NC(=O)C(NC(=O)C(C)NC(=O)OCc1ccccc1)C1Cc2ccccc2C1. The van der Waals surface area contributed by atoms with Crippen molar-refractivity contribution < 1.29 is 28.7 Å². The quantitative estimate of drug-likeness (QED) is 0.317. The molecule has 2 aromatic rings. The molecular weight excluding hydrogens is 474 g/mol. The second kappa shape index (κ2) is 13.2. The summed E-state index contributed by atoms with van der Waals surface area (Å²) >= 11 is 0. The highest BCUT2D eigenvalue weighted by atomic mass is 16.5. The summed E-state index contributed by atoms with van der Waals surface area (Å²) in [7, 11) is 0. The standard InChI is InChI=1S/C28H33N3O6/c1-4-14-36-27(34)19(3)29-26(33)24(23-15-21-12-8-9-13-22(21)16-23)31-25(32)18(2)30-28(35)37-17-20-10-6-5-7-11-20/h4-13,18-19,23-24H,1,14-17H2,2-3H3,(H,29,33)(H,30,35)(H,31,32). The van der Waals surface area contributed by atoms with Crippen LogP contribution in [0.25, 0.3) is 0 Å². The van der Waals surface area contributed by atoms with E-state index < -0.39 is 42.0 Å². The first kappa shape index (κ1) is 27.4. The Bertz CT molecular complexity index is 1090. The van der Waals surface area contributed by atoms with Crippen LogP contribution in [0.5, 0.6) is 0 Å². The van der Waals surface area contributed by atoms with Crippen LogP contribution in [0, 0.1) is 5.92 Å². The van der Waals surface area contributed by atoms with Crippen molar-refractivity contribution in [2.24, 2.45) is 5.92 Å². The third-order valence-corrected chi connectivity index (χ3v) is 6.13. The summed E-state index contributed by atoms with van der Waals surface area (Å²) in [5.41, 5.74) is 3.02. The van der Waals surface area contributed by atoms with Gasteiger partial charge in [-0.3, -0.25) is 9.59 Å². The number of nitrogens with one attached hydrogen (secondary N) is 3. The first-order valence-corrected chi connectivity index (χ1v) is 12.2. The highest BCUT2D eigenvalue weighted by Crippen LogP contribution is 2.29. The van der Waals surface area contributed by atoms with Gasteiger partial charge in [0.05, 0.1) is 0 Å². The van der Waals surface area contributed by atoms with Gasteiger partial charge in [0, 0.05) is 0 Å². The number of benzene rings is 2. The van der Waals surface area contributed by atoms with Gasteiger partial charge in [-0.15, -0.1) is 0 Å². The van der Waals surface area contributed by atoms with Gasteiger partial charge in [-0.1, -0.05) is 67.3 Å². The van der Waals surface area contributed by atoms with Crippen LogP contribution < -0.4 is 16.0 Å². The minimum atomic E-state index is -0.961. The first-order chi connectivity index (χ1) is 17.8. The van der Waals surface area contributed by atoms with Crippen LogP contribution in [0.4, 0.5) is 4.79 Å². The maximum atomic E-state index is 13.2. The molecule has 9 nitrogen and oxygen atoms in total. The molecule has 0 heterocycles. The van der Waals surface area contributed by atoms with E-state index in [4.69, 9.17) is 9.47 Å². The van der Waals surface area contributed by atoms with Gasteiger partial charge in [0.2, 0.25) is 11.8 Å². The Hall–Kier alpha value is -4.14. The molecule has 0 fully saturated rings. The second-order valence-electron chi connectivity index (χ2n) is 9.00. The lowest BCUT2D eigenvalue weighted by Gasteiger charge is -2.26. The molecule has 1 aliphatic carbocycles. The topological polar surface area (TPSA) is 123 Å². The summed E-state index contributed by atoms with van der Waals surface area (Å²) in [6.07, 6.45) is 1.86. The van der Waals surface area contributed by atoms with E-state index in [1.807, 2.05) is 54.6 Å². The molecule has 1 aliphatic rings. The van der Waals surface area contributed by atoms with E-state index in [0.29, 0.717) is 12.8 Å². The van der Waals surface area contributed by atoms with Gasteiger partial charge in [0.15, 0.2) is 0 Å². The van der Waals surface area contributed by atoms with Gasteiger partial charge in [0.1, 0.15) is 31.3 Å². The van der Waals surface area contributed by atoms with Crippen molar-refractivity contribution in [3.05, 3.63) is 83.9 Å². The normalized spacial score (nSPS) is 14.9. The summed E-state index contributed by atoms with van der Waals surface area (Å²) in [4.78, 5) is 50.6. The number of amides is 3. The van der Waals surface area contributed by atoms with Gasteiger partial charge in [-0.25, -0.2) is 9.59 Å². The van der Waals surface area contributed by atoms with E-state index in [-0.39, 0.29) is 19.1 Å². The second-order valence-corrected chi connectivity index (χ2v) is 9.00. The van der Waals surface area contributed by atoms with Gasteiger partial charge >= 0.3 is 12.1 Å². The van der Waals surface area contributed by atoms with Crippen LogP contribution in [0.2, 0.25) is 0 Å². The number of alkyl carbamates (subject to hydrolysis) is 1. The fourth-order valence-corrected chi connectivity index (χ4v) is 4.14. The molecule has 0 saturated carbocycles. The number of hydrogen-bond acceptors (Lipinski definition) is 6. The minimum Gasteiger partial charge on any atom is -0.460 e. The number of fused-ring (bicyclic) bond motifs is 1. The Balaban J connectivity index is 1.63. The zero-order chi connectivity index (χ0) is 26.8. The molecule has 3 unspecified atom stereocenters. The number of carbonyl (C=O) groups excluding carboxylic acids is 4. The Labute approximate surface area is 216 Å². The predicted octanol–water partition coefficient (Wildman–Crippen LogP) is 2.44. The maximum absolute atomic E-state index is 13.2. The zero-order valence-electron chi connectivity index (χ0n) is 21.1. The monoisotopic (exact) mass is 507 g/mol. The lowest BCUT2D eigenvalue weighted by Crippen LogP contribution is -2.57. The van der Waals surface area contributed by atoms with Crippen molar-refractivity contribution in [3.8, 4) is 0 Å². The van der Waals surface area contributed by atoms with Gasteiger partial charge in [-0.05, 0) is 49.3 Å². The summed E-state index contributed by atoms with van der Waals surface area (Å²) < 4.78 is 10.2. The van der Waals surface area contributed by atoms with Crippen molar-refractivity contribution in [2.45, 2.75) is 51.4 Å². The lowest BCUT2D eigenvalue weighted by atomic mass is 9.95. The summed E-state index contributed by atoms with van der Waals surface area (Å²) in [6, 6.07) is 14.2. The van der Waals surface area contributed by atoms with Crippen LogP contribution in [0.15, 0.2) is 67.3 Å². The zero-order valence-corrected chi connectivity index (χ0v) is 21.1. The fraction of sp³-hybridized carbons (Fsp3) is 0.357. The number of ether oxygens (including phenoxy) is 2. The molecule has 3 N–H and O–H groups in total. The molecule has 0 spiro atoms. The van der Waals surface area contributed by atoms with Gasteiger partial charge < -0.3 is 25.4 Å². The summed E-state index contributed by atoms with van der Waals surface area (Å²) in [6.45, 7) is 6.61. The number of esters is 1. The lowest BCUT2D eigenvalue weighted by molar-refractivity contribution is -0.146. The maximum Gasteiger partial charge on any atom is 0.408 e. The third-order valence-electron chi connectivity index (χ3n) is 6.13. The molecule has 3 amide bonds. The van der Waals surface area contributed by atoms with E-state index in [0.717, 1.165) is 16.7 Å². The van der Waals surface area contributed by atoms with Gasteiger partial charge in [-0.2, -0.15) is 0 Å². The number of hydrogen-bond donors (Lipinski definition) is 3. The van der Waals surface area contributed by atoms with E-state index in [9.17, 15) is 19.2 Å². The molecule has 0 radical (unpaired) electrons. The molecule has 3 atom stereocenters. The molecule has 9 heteroatoms. The largest absolute Gasteiger partial charge is 0.460 e. The van der Waals surface area contributed by atoms with Crippen LogP contribution >= 0.6 is 0 Å². The van der Waals surface area contributed by atoms with Crippen molar-refractivity contribution >= 4 is 23.9 Å². The minimum absolute atomic E-state index is 0.0285. The molecule has 0 aromatic heterocycles. The fourth-order valence-electron chi connectivity index (χ4n) is 4.14. The van der Waals surface area contributed by atoms with Crippen molar-refractivity contribution in [1.82, 2.24) is 16.0 Å². The molecule has 3 rings (SSSR count). The Kier molecular flexibility index (Phi) is 9.83. The highest BCUT2D eigenvalue weighted by molar-refractivity contribution is 5.93. The van der Waals surface area contributed by atoms with E-state index in [1.165, 1.54) is 19.9 Å². The molecule has 0 saturated heterocycles. The van der Waals surface area contributed by atoms with Crippen molar-refractivity contribution in [3.63, 3.8) is 0 Å². The average Bonchev–Trinajstić information content (AvgIpc) is 3.33. The van der Waals surface area contributed by atoms with Crippen molar-refractivity contribution in [1.29, 1.82) is 0 Å². The summed E-state index contributed by atoms with van der Waals surface area (Å²) in [5, 5.41) is 7.91. The Morgan fingerprint density at radius 2 is 1.49 bits per heavy atom. The molecule has 2 aromatic carbocycles. The van der Waals surface area contributed by atoms with Gasteiger partial charge in [0.25, 0.3) is 0 Å². The van der Waals surface area contributed by atoms with Crippen LogP contribution in [-0.4, -0.2) is 48.6 Å². The summed E-state index contributed by atoms with van der Waals surface area (Å²) in [5.74, 6) is -1.89. The predicted molar refractivity (Wildman–Crippen MR) is 137 cm³/mol. The molecule has 196 valence electrons. The smallest absolute Gasteiger partial charge is 0.408 e. The Morgan fingerprint density at radius 1 is 0.865 bits per heavy atom. The van der Waals surface area contributed by atoms with E-state index in [1.54, 1.807) is 0 Å². The average molecular weight is 508 g/mol. The van der Waals surface area contributed by atoms with E-state index >= 15 is 0 Å². The number of rotatable bonds is 11. The van der Waals surface area contributed by atoms with Crippen LogP contribution in [0.3, 0.4) is 0 Å². The molecule has 37 heavy (non-hydrogen) atoms. The first-order valence-electron chi connectivity index (χ1n) is 12.2. The third kappa shape index (κ3) is 7.93. The number of carbonyl (C=O) groups is 4. The molecule has 0 aliphatic heterocycles. The van der Waals surface area contributed by atoms with Crippen LogP contribution in [0.1, 0.15) is 30.5 Å². The molecular formula is C28H33N3O6. The molecule has 0 bridgehead atoms. The van der Waals surface area contributed by atoms with E-state index in [2.05, 4.69) is 22.5 Å². The Morgan fingerprint density at radius 3 is 2.11 bits per heavy atom. The van der Waals surface area contributed by atoms with Crippen molar-refractivity contribution in [2.75, 3.05) is 6.61 Å². The highest BCUT2D eigenvalue weighted by Gasteiger charge is 2.36. The van der Waals surface area contributed by atoms with Crippen LogP contribution in [-0.2, 0) is 43.3 Å².